The minimum Gasteiger partial charge on any atom is -0.457 e. The van der Waals surface area contributed by atoms with Crippen molar-refractivity contribution in [2.75, 3.05) is 19.8 Å². The van der Waals surface area contributed by atoms with E-state index in [1.165, 1.54) is 0 Å². The maximum atomic E-state index is 11.5. The molecule has 0 aromatic heterocycles. The molecule has 0 fully saturated rings. The van der Waals surface area contributed by atoms with Gasteiger partial charge in [0.05, 0.1) is 13.2 Å². The van der Waals surface area contributed by atoms with Crippen LogP contribution in [0, 0.1) is 5.92 Å². The van der Waals surface area contributed by atoms with Crippen molar-refractivity contribution in [1.29, 1.82) is 0 Å². The third-order valence-corrected chi connectivity index (χ3v) is 3.08. The highest BCUT2D eigenvalue weighted by Gasteiger charge is 2.15. The zero-order valence-corrected chi connectivity index (χ0v) is 11.9. The third-order valence-electron chi connectivity index (χ3n) is 3.08. The molecule has 1 atom stereocenters. The Morgan fingerprint density at radius 1 is 1.00 bits per heavy atom. The van der Waals surface area contributed by atoms with E-state index in [-0.39, 0.29) is 31.7 Å². The Morgan fingerprint density at radius 2 is 1.58 bits per heavy atom. The lowest BCUT2D eigenvalue weighted by Crippen LogP contribution is -2.26. The minimum atomic E-state index is -0.793. The summed E-state index contributed by atoms with van der Waals surface area (Å²) in [6.45, 7) is 1.57. The summed E-state index contributed by atoms with van der Waals surface area (Å²) in [6.07, 6.45) is 5.74. The quantitative estimate of drug-likeness (QED) is 0.369. The Labute approximate surface area is 115 Å². The third kappa shape index (κ3) is 10.9. The summed E-state index contributed by atoms with van der Waals surface area (Å²) < 4.78 is 4.91. The van der Waals surface area contributed by atoms with E-state index in [1.54, 1.807) is 0 Å². The molecule has 1 unspecified atom stereocenters. The highest BCUT2D eigenvalue weighted by Crippen LogP contribution is 2.15. The molecule has 0 aliphatic heterocycles. The van der Waals surface area contributed by atoms with Crippen molar-refractivity contribution >= 4 is 5.97 Å². The van der Waals surface area contributed by atoms with Crippen molar-refractivity contribution < 1.29 is 24.9 Å². The van der Waals surface area contributed by atoms with Crippen molar-refractivity contribution in [3.8, 4) is 0 Å². The molecular weight excluding hydrogens is 248 g/mol. The number of hydrogen-bond acceptors (Lipinski definition) is 5. The van der Waals surface area contributed by atoms with Gasteiger partial charge in [0.2, 0.25) is 0 Å². The van der Waals surface area contributed by atoms with Gasteiger partial charge in [-0.1, -0.05) is 39.0 Å². The predicted octanol–water partition coefficient (Wildman–Crippen LogP) is 1.24. The highest BCUT2D eigenvalue weighted by molar-refractivity contribution is 5.69. The van der Waals surface area contributed by atoms with Gasteiger partial charge in [0.25, 0.3) is 0 Å². The van der Waals surface area contributed by atoms with E-state index in [1.807, 2.05) is 6.92 Å². The first-order valence-electron chi connectivity index (χ1n) is 7.16. The molecule has 0 amide bonds. The van der Waals surface area contributed by atoms with E-state index in [2.05, 4.69) is 0 Å². The second-order valence-electron chi connectivity index (χ2n) is 5.07. The van der Waals surface area contributed by atoms with Crippen molar-refractivity contribution in [3.05, 3.63) is 0 Å². The summed E-state index contributed by atoms with van der Waals surface area (Å²) in [7, 11) is 0. The van der Waals surface area contributed by atoms with Gasteiger partial charge in [-0.15, -0.1) is 0 Å². The van der Waals surface area contributed by atoms with Crippen LogP contribution in [-0.2, 0) is 9.53 Å². The molecule has 5 heteroatoms. The first-order chi connectivity index (χ1) is 9.13. The molecule has 5 nitrogen and oxygen atoms in total. The fraction of sp³-hybridized carbons (Fsp3) is 0.929. The smallest absolute Gasteiger partial charge is 0.306 e. The maximum Gasteiger partial charge on any atom is 0.306 e. The first-order valence-corrected chi connectivity index (χ1v) is 7.16. The van der Waals surface area contributed by atoms with Gasteiger partial charge >= 0.3 is 5.97 Å². The van der Waals surface area contributed by atoms with Gasteiger partial charge in [-0.05, 0) is 12.3 Å². The molecule has 0 aliphatic rings. The molecule has 0 aromatic carbocycles. The van der Waals surface area contributed by atoms with Crippen LogP contribution in [0.2, 0.25) is 0 Å². The molecule has 0 radical (unpaired) electrons. The fourth-order valence-electron chi connectivity index (χ4n) is 1.89. The standard InChI is InChI=1S/C14H28O5/c1-12(7-5-3-2-4-6-8-15)9-14(18)19-13(10-16)11-17/h12-13,15-17H,2-11H2,1H3. The van der Waals surface area contributed by atoms with Gasteiger partial charge in [0, 0.05) is 13.0 Å². The van der Waals surface area contributed by atoms with Gasteiger partial charge in [-0.2, -0.15) is 0 Å². The van der Waals surface area contributed by atoms with E-state index in [9.17, 15) is 4.79 Å². The van der Waals surface area contributed by atoms with Crippen LogP contribution >= 0.6 is 0 Å². The molecule has 114 valence electrons. The van der Waals surface area contributed by atoms with E-state index in [0.29, 0.717) is 6.42 Å². The lowest BCUT2D eigenvalue weighted by Gasteiger charge is -2.15. The SMILES string of the molecule is CC(CCCCCCCO)CC(=O)OC(CO)CO. The number of ether oxygens (including phenoxy) is 1. The number of aliphatic hydroxyl groups excluding tert-OH is 3. The number of carbonyl (C=O) groups excluding carboxylic acids is 1. The summed E-state index contributed by atoms with van der Waals surface area (Å²) in [5.41, 5.74) is 0. The Morgan fingerprint density at radius 3 is 2.16 bits per heavy atom. The zero-order chi connectivity index (χ0) is 14.5. The Balaban J connectivity index is 3.56. The van der Waals surface area contributed by atoms with Crippen LogP contribution in [-0.4, -0.2) is 47.2 Å². The number of esters is 1. The second-order valence-corrected chi connectivity index (χ2v) is 5.07. The van der Waals surface area contributed by atoms with E-state index in [0.717, 1.165) is 38.5 Å². The molecule has 0 saturated carbocycles. The summed E-state index contributed by atoms with van der Waals surface area (Å²) in [6, 6.07) is 0. The van der Waals surface area contributed by atoms with E-state index >= 15 is 0 Å². The average molecular weight is 276 g/mol. The lowest BCUT2D eigenvalue weighted by atomic mass is 9.99. The molecule has 0 rings (SSSR count). The maximum absolute atomic E-state index is 11.5. The molecule has 0 heterocycles. The van der Waals surface area contributed by atoms with E-state index in [4.69, 9.17) is 20.1 Å². The molecule has 0 spiro atoms. The van der Waals surface area contributed by atoms with Crippen molar-refractivity contribution in [3.63, 3.8) is 0 Å². The Kier molecular flexibility index (Phi) is 12.0. The van der Waals surface area contributed by atoms with Crippen LogP contribution in [0.25, 0.3) is 0 Å². The number of aliphatic hydroxyl groups is 3. The van der Waals surface area contributed by atoms with Gasteiger partial charge in [-0.3, -0.25) is 4.79 Å². The van der Waals surface area contributed by atoms with Gasteiger partial charge in [0.15, 0.2) is 0 Å². The normalized spacial score (nSPS) is 12.7. The number of unbranched alkanes of at least 4 members (excludes halogenated alkanes) is 4. The predicted molar refractivity (Wildman–Crippen MR) is 72.6 cm³/mol. The fourth-order valence-corrected chi connectivity index (χ4v) is 1.89. The van der Waals surface area contributed by atoms with Crippen molar-refractivity contribution in [1.82, 2.24) is 0 Å². The highest BCUT2D eigenvalue weighted by atomic mass is 16.6. The molecular formula is C14H28O5. The molecule has 0 aromatic rings. The topological polar surface area (TPSA) is 87.0 Å². The monoisotopic (exact) mass is 276 g/mol. The Hall–Kier alpha value is -0.650. The zero-order valence-electron chi connectivity index (χ0n) is 11.9. The van der Waals surface area contributed by atoms with Crippen molar-refractivity contribution in [2.24, 2.45) is 5.92 Å². The Bertz CT molecular complexity index is 216. The number of rotatable bonds is 12. The summed E-state index contributed by atoms with van der Waals surface area (Å²) in [5, 5.41) is 26.2. The lowest BCUT2D eigenvalue weighted by molar-refractivity contribution is -0.154. The average Bonchev–Trinajstić information content (AvgIpc) is 2.39. The molecule has 0 saturated heterocycles. The molecule has 0 bridgehead atoms. The van der Waals surface area contributed by atoms with Crippen LogP contribution in [0.4, 0.5) is 0 Å². The second kappa shape index (κ2) is 12.4. The van der Waals surface area contributed by atoms with Crippen LogP contribution in [0.15, 0.2) is 0 Å². The number of carbonyl (C=O) groups is 1. The van der Waals surface area contributed by atoms with Crippen LogP contribution in [0.3, 0.4) is 0 Å². The molecule has 19 heavy (non-hydrogen) atoms. The molecule has 0 aliphatic carbocycles. The summed E-state index contributed by atoms with van der Waals surface area (Å²) in [4.78, 5) is 11.5. The number of hydrogen-bond donors (Lipinski definition) is 3. The van der Waals surface area contributed by atoms with E-state index < -0.39 is 6.10 Å². The van der Waals surface area contributed by atoms with Crippen molar-refractivity contribution in [2.45, 2.75) is 58.0 Å². The molecule has 3 N–H and O–H groups in total. The van der Waals surface area contributed by atoms with Gasteiger partial charge in [0.1, 0.15) is 6.10 Å². The summed E-state index contributed by atoms with van der Waals surface area (Å²) in [5.74, 6) is -0.107. The van der Waals surface area contributed by atoms with Gasteiger partial charge < -0.3 is 20.1 Å². The largest absolute Gasteiger partial charge is 0.457 e. The summed E-state index contributed by atoms with van der Waals surface area (Å²) >= 11 is 0. The first kappa shape index (κ1) is 18.4. The van der Waals surface area contributed by atoms with Gasteiger partial charge in [-0.25, -0.2) is 0 Å². The minimum absolute atomic E-state index is 0.253. The van der Waals surface area contributed by atoms with Crippen LogP contribution in [0.1, 0.15) is 51.9 Å². The van der Waals surface area contributed by atoms with Crippen LogP contribution in [0.5, 0.6) is 0 Å². The van der Waals surface area contributed by atoms with Crippen LogP contribution < -0.4 is 0 Å².